The second kappa shape index (κ2) is 11.3. The molecule has 2 aromatic carbocycles. The Labute approximate surface area is 208 Å². The Balaban J connectivity index is 1.41. The van der Waals surface area contributed by atoms with E-state index in [4.69, 9.17) is 0 Å². The Morgan fingerprint density at radius 3 is 2.54 bits per heavy atom. The molecule has 1 N–H and O–H groups in total. The van der Waals surface area contributed by atoms with Gasteiger partial charge in [0.25, 0.3) is 0 Å². The molecular formula is C26H29FN6OS. The molecule has 2 aromatic heterocycles. The number of carbonyl (C=O) groups is 1. The Bertz CT molecular complexity index is 1300. The van der Waals surface area contributed by atoms with E-state index in [-0.39, 0.29) is 11.7 Å². The summed E-state index contributed by atoms with van der Waals surface area (Å²) in [6.07, 6.45) is 0.852. The third-order valence-electron chi connectivity index (χ3n) is 5.73. The van der Waals surface area contributed by atoms with Gasteiger partial charge in [-0.1, -0.05) is 36.0 Å². The number of carbonyl (C=O) groups excluding carboxylic acids is 1. The second-order valence-electron chi connectivity index (χ2n) is 8.43. The van der Waals surface area contributed by atoms with Gasteiger partial charge < -0.3 is 5.32 Å². The van der Waals surface area contributed by atoms with Gasteiger partial charge in [-0.05, 0) is 62.2 Å². The highest BCUT2D eigenvalue weighted by atomic mass is 32.2. The van der Waals surface area contributed by atoms with Crippen LogP contribution in [-0.4, -0.2) is 37.0 Å². The lowest BCUT2D eigenvalue weighted by molar-refractivity contribution is -0.121. The van der Waals surface area contributed by atoms with Crippen molar-refractivity contribution in [1.82, 2.24) is 29.9 Å². The third-order valence-corrected chi connectivity index (χ3v) is 6.71. The van der Waals surface area contributed by atoms with Crippen LogP contribution in [0.4, 0.5) is 4.39 Å². The molecule has 0 bridgehead atoms. The smallest absolute Gasteiger partial charge is 0.221 e. The van der Waals surface area contributed by atoms with Crippen molar-refractivity contribution < 1.29 is 9.18 Å². The summed E-state index contributed by atoms with van der Waals surface area (Å²) < 4.78 is 17.3. The summed E-state index contributed by atoms with van der Waals surface area (Å²) in [6.45, 7) is 6.97. The van der Waals surface area contributed by atoms with Gasteiger partial charge in [0.05, 0.1) is 5.69 Å². The number of hydrogen-bond acceptors (Lipinski definition) is 5. The molecule has 35 heavy (non-hydrogen) atoms. The maximum absolute atomic E-state index is 13.6. The van der Waals surface area contributed by atoms with Crippen molar-refractivity contribution in [3.8, 4) is 5.69 Å². The molecule has 0 aliphatic heterocycles. The Hall–Kier alpha value is -3.46. The van der Waals surface area contributed by atoms with E-state index in [0.717, 1.165) is 28.0 Å². The van der Waals surface area contributed by atoms with Crippen molar-refractivity contribution >= 4 is 17.7 Å². The number of aromatic nitrogens is 5. The van der Waals surface area contributed by atoms with Crippen LogP contribution in [0.15, 0.2) is 59.8 Å². The minimum atomic E-state index is -0.299. The van der Waals surface area contributed by atoms with Crippen molar-refractivity contribution in [2.75, 3.05) is 6.54 Å². The number of benzene rings is 2. The SMILES string of the molecule is Cc1cc(C)n(CCC(=O)NCCc2nnc(SCc3ccccc3C)n2-c2ccc(F)cc2)n1. The summed E-state index contributed by atoms with van der Waals surface area (Å²) in [7, 11) is 0. The molecule has 0 spiro atoms. The molecule has 0 aliphatic carbocycles. The number of rotatable bonds is 10. The first-order chi connectivity index (χ1) is 16.9. The van der Waals surface area contributed by atoms with E-state index in [9.17, 15) is 9.18 Å². The molecule has 7 nitrogen and oxygen atoms in total. The highest BCUT2D eigenvalue weighted by Crippen LogP contribution is 2.26. The zero-order valence-corrected chi connectivity index (χ0v) is 21.0. The van der Waals surface area contributed by atoms with E-state index >= 15 is 0 Å². The van der Waals surface area contributed by atoms with Crippen LogP contribution in [0.25, 0.3) is 5.69 Å². The quantitative estimate of drug-likeness (QED) is 0.328. The molecule has 0 fully saturated rings. The summed E-state index contributed by atoms with van der Waals surface area (Å²) in [6, 6.07) is 16.5. The highest BCUT2D eigenvalue weighted by Gasteiger charge is 2.16. The average Bonchev–Trinajstić information content (AvgIpc) is 3.39. The number of halogens is 1. The normalized spacial score (nSPS) is 11.1. The Kier molecular flexibility index (Phi) is 7.97. The van der Waals surface area contributed by atoms with Gasteiger partial charge in [-0.15, -0.1) is 10.2 Å². The minimum Gasteiger partial charge on any atom is -0.356 e. The van der Waals surface area contributed by atoms with Crippen LogP contribution in [0.1, 0.15) is 34.8 Å². The van der Waals surface area contributed by atoms with Crippen molar-refractivity contribution in [2.45, 2.75) is 51.1 Å². The summed E-state index contributed by atoms with van der Waals surface area (Å²) in [4.78, 5) is 12.4. The van der Waals surface area contributed by atoms with Gasteiger partial charge in [-0.25, -0.2) is 4.39 Å². The third kappa shape index (κ3) is 6.36. The molecule has 0 atom stereocenters. The molecule has 4 rings (SSSR count). The summed E-state index contributed by atoms with van der Waals surface area (Å²) in [5, 5.41) is 16.9. The van der Waals surface area contributed by atoms with Gasteiger partial charge in [0.15, 0.2) is 5.16 Å². The van der Waals surface area contributed by atoms with E-state index in [1.807, 2.05) is 41.3 Å². The van der Waals surface area contributed by atoms with Crippen molar-refractivity contribution in [1.29, 1.82) is 0 Å². The molecule has 0 aliphatic rings. The van der Waals surface area contributed by atoms with Gasteiger partial charge in [-0.3, -0.25) is 14.0 Å². The Morgan fingerprint density at radius 1 is 1.06 bits per heavy atom. The van der Waals surface area contributed by atoms with Crippen LogP contribution in [-0.2, 0) is 23.5 Å². The van der Waals surface area contributed by atoms with Crippen LogP contribution in [0.3, 0.4) is 0 Å². The predicted molar refractivity (Wildman–Crippen MR) is 135 cm³/mol. The van der Waals surface area contributed by atoms with Crippen LogP contribution in [0, 0.1) is 26.6 Å². The number of nitrogens with one attached hydrogen (secondary N) is 1. The fraction of sp³-hybridized carbons (Fsp3) is 0.308. The van der Waals surface area contributed by atoms with Crippen LogP contribution in [0.5, 0.6) is 0 Å². The number of aryl methyl sites for hydroxylation is 4. The van der Waals surface area contributed by atoms with E-state index in [1.54, 1.807) is 23.9 Å². The Morgan fingerprint density at radius 2 is 1.83 bits per heavy atom. The van der Waals surface area contributed by atoms with Gasteiger partial charge in [0.1, 0.15) is 11.6 Å². The first-order valence-electron chi connectivity index (χ1n) is 11.6. The first kappa shape index (κ1) is 24.7. The molecule has 2 heterocycles. The number of amides is 1. The lowest BCUT2D eigenvalue weighted by Gasteiger charge is -2.11. The molecule has 0 saturated heterocycles. The molecule has 182 valence electrons. The van der Waals surface area contributed by atoms with Gasteiger partial charge in [-0.2, -0.15) is 5.10 Å². The zero-order valence-electron chi connectivity index (χ0n) is 20.2. The molecule has 0 saturated carbocycles. The summed E-state index contributed by atoms with van der Waals surface area (Å²) in [5.41, 5.74) is 5.21. The number of hydrogen-bond donors (Lipinski definition) is 1. The summed E-state index contributed by atoms with van der Waals surface area (Å²) >= 11 is 1.58. The van der Waals surface area contributed by atoms with Gasteiger partial charge >= 0.3 is 0 Å². The predicted octanol–water partition coefficient (Wildman–Crippen LogP) is 4.57. The topological polar surface area (TPSA) is 77.6 Å². The second-order valence-corrected chi connectivity index (χ2v) is 9.37. The summed E-state index contributed by atoms with van der Waals surface area (Å²) in [5.74, 6) is 1.12. The molecule has 9 heteroatoms. The van der Waals surface area contributed by atoms with Crippen molar-refractivity contribution in [2.24, 2.45) is 0 Å². The minimum absolute atomic E-state index is 0.0421. The number of nitrogens with zero attached hydrogens (tertiary/aromatic N) is 5. The lowest BCUT2D eigenvalue weighted by atomic mass is 10.1. The fourth-order valence-corrected chi connectivity index (χ4v) is 4.88. The highest BCUT2D eigenvalue weighted by molar-refractivity contribution is 7.98. The van der Waals surface area contributed by atoms with Gasteiger partial charge in [0.2, 0.25) is 5.91 Å². The van der Waals surface area contributed by atoms with Crippen LogP contribution < -0.4 is 5.32 Å². The van der Waals surface area contributed by atoms with Crippen LogP contribution >= 0.6 is 11.8 Å². The van der Waals surface area contributed by atoms with E-state index in [1.165, 1.54) is 23.3 Å². The number of thioether (sulfide) groups is 1. The fourth-order valence-electron chi connectivity index (χ4n) is 3.83. The van der Waals surface area contributed by atoms with E-state index < -0.39 is 0 Å². The molecule has 1 amide bonds. The maximum atomic E-state index is 13.6. The largest absolute Gasteiger partial charge is 0.356 e. The van der Waals surface area contributed by atoms with E-state index in [2.05, 4.69) is 39.7 Å². The van der Waals surface area contributed by atoms with Crippen molar-refractivity contribution in [3.63, 3.8) is 0 Å². The van der Waals surface area contributed by atoms with Crippen LogP contribution in [0.2, 0.25) is 0 Å². The molecular weight excluding hydrogens is 463 g/mol. The zero-order chi connectivity index (χ0) is 24.8. The maximum Gasteiger partial charge on any atom is 0.221 e. The average molecular weight is 493 g/mol. The molecule has 0 radical (unpaired) electrons. The monoisotopic (exact) mass is 492 g/mol. The molecule has 0 unspecified atom stereocenters. The van der Waals surface area contributed by atoms with Gasteiger partial charge in [0, 0.05) is 43.1 Å². The molecule has 4 aromatic rings. The van der Waals surface area contributed by atoms with Crippen molar-refractivity contribution in [3.05, 3.63) is 88.8 Å². The van der Waals surface area contributed by atoms with E-state index in [0.29, 0.717) is 31.8 Å². The standard InChI is InChI=1S/C26H29FN6OS/c1-18-6-4-5-7-21(18)17-35-26-30-29-24(33(26)23-10-8-22(27)9-11-23)12-14-28-25(34)13-15-32-20(3)16-19(2)31-32/h4-11,16H,12-15,17H2,1-3H3,(H,28,34). The first-order valence-corrected chi connectivity index (χ1v) is 12.5. The lowest BCUT2D eigenvalue weighted by Crippen LogP contribution is -2.27.